The molecule has 2 aromatic rings. The molecule has 0 atom stereocenters. The van der Waals surface area contributed by atoms with E-state index in [1.165, 1.54) is 27.9 Å². The molecule has 0 radical (unpaired) electrons. The van der Waals surface area contributed by atoms with Crippen LogP contribution in [-0.2, 0) is 0 Å². The highest BCUT2D eigenvalue weighted by molar-refractivity contribution is 7.80. The van der Waals surface area contributed by atoms with Gasteiger partial charge in [-0.05, 0) is 80.4 Å². The Hall–Kier alpha value is -2.07. The van der Waals surface area contributed by atoms with Gasteiger partial charge in [-0.2, -0.15) is 0 Å². The van der Waals surface area contributed by atoms with Crippen molar-refractivity contribution in [3.05, 3.63) is 58.7 Å². The normalized spacial score (nSPS) is 14.6. The molecule has 25 heavy (non-hydrogen) atoms. The first-order valence-electron chi connectivity index (χ1n) is 8.90. The second-order valence-electron chi connectivity index (χ2n) is 6.92. The summed E-state index contributed by atoms with van der Waals surface area (Å²) in [6.45, 7) is 12.5. The summed E-state index contributed by atoms with van der Waals surface area (Å²) in [7, 11) is 0. The van der Waals surface area contributed by atoms with Gasteiger partial charge in [0.2, 0.25) is 0 Å². The Bertz CT molecular complexity index is 777. The number of aryl methyl sites for hydroxylation is 3. The predicted octanol–water partition coefficient (Wildman–Crippen LogP) is 4.44. The van der Waals surface area contributed by atoms with Crippen LogP contribution in [-0.4, -0.2) is 36.2 Å². The number of hydrogen-bond donors (Lipinski definition) is 1. The van der Waals surface area contributed by atoms with E-state index in [4.69, 9.17) is 12.2 Å². The molecule has 1 aliphatic rings. The van der Waals surface area contributed by atoms with Crippen LogP contribution in [0.1, 0.15) is 22.3 Å². The Morgan fingerprint density at radius 2 is 1.60 bits per heavy atom. The molecule has 3 nitrogen and oxygen atoms in total. The van der Waals surface area contributed by atoms with Gasteiger partial charge in [-0.15, -0.1) is 0 Å². The molecular formula is C21H27N3S. The van der Waals surface area contributed by atoms with Crippen LogP contribution in [0.2, 0.25) is 0 Å². The summed E-state index contributed by atoms with van der Waals surface area (Å²) in [6.07, 6.45) is 0. The molecule has 0 unspecified atom stereocenters. The third-order valence-electron chi connectivity index (χ3n) is 5.24. The Balaban J connectivity index is 1.60. The van der Waals surface area contributed by atoms with E-state index in [2.05, 4.69) is 79.2 Å². The Kier molecular flexibility index (Phi) is 5.28. The van der Waals surface area contributed by atoms with E-state index in [9.17, 15) is 0 Å². The molecule has 1 aliphatic heterocycles. The van der Waals surface area contributed by atoms with Gasteiger partial charge in [-0.1, -0.05) is 18.2 Å². The molecule has 0 aromatic heterocycles. The Labute approximate surface area is 156 Å². The molecule has 132 valence electrons. The molecule has 0 saturated carbocycles. The molecule has 2 aromatic carbocycles. The fourth-order valence-electron chi connectivity index (χ4n) is 3.25. The van der Waals surface area contributed by atoms with Crippen molar-refractivity contribution in [3.63, 3.8) is 0 Å². The number of piperazine rings is 1. The van der Waals surface area contributed by atoms with Crippen molar-refractivity contribution in [2.45, 2.75) is 27.7 Å². The molecule has 1 heterocycles. The van der Waals surface area contributed by atoms with Crippen LogP contribution in [0.15, 0.2) is 36.4 Å². The molecule has 1 fully saturated rings. The average molecular weight is 354 g/mol. The van der Waals surface area contributed by atoms with E-state index < -0.39 is 0 Å². The first kappa shape index (κ1) is 17.7. The van der Waals surface area contributed by atoms with Crippen LogP contribution < -0.4 is 10.2 Å². The van der Waals surface area contributed by atoms with Crippen LogP contribution in [0.4, 0.5) is 11.4 Å². The van der Waals surface area contributed by atoms with Gasteiger partial charge in [-0.25, -0.2) is 0 Å². The topological polar surface area (TPSA) is 18.5 Å². The van der Waals surface area contributed by atoms with Gasteiger partial charge >= 0.3 is 0 Å². The van der Waals surface area contributed by atoms with Gasteiger partial charge in [0.05, 0.1) is 0 Å². The summed E-state index contributed by atoms with van der Waals surface area (Å²) in [5, 5.41) is 4.22. The summed E-state index contributed by atoms with van der Waals surface area (Å²) in [5.41, 5.74) is 7.75. The van der Waals surface area contributed by atoms with Gasteiger partial charge < -0.3 is 15.1 Å². The first-order valence-corrected chi connectivity index (χ1v) is 9.31. The van der Waals surface area contributed by atoms with Crippen molar-refractivity contribution >= 4 is 28.7 Å². The van der Waals surface area contributed by atoms with Gasteiger partial charge in [0, 0.05) is 37.6 Å². The fraction of sp³-hybridized carbons (Fsp3) is 0.381. The third kappa shape index (κ3) is 3.96. The minimum atomic E-state index is 0.823. The quantitative estimate of drug-likeness (QED) is 0.804. The second kappa shape index (κ2) is 7.44. The van der Waals surface area contributed by atoms with Crippen molar-refractivity contribution in [1.82, 2.24) is 4.90 Å². The number of benzene rings is 2. The number of thiocarbonyl (C=S) groups is 1. The number of anilines is 2. The van der Waals surface area contributed by atoms with Gasteiger partial charge in [0.15, 0.2) is 5.11 Å². The summed E-state index contributed by atoms with van der Waals surface area (Å²) in [4.78, 5) is 4.74. The van der Waals surface area contributed by atoms with E-state index in [1.807, 2.05) is 0 Å². The lowest BCUT2D eigenvalue weighted by Crippen LogP contribution is -2.50. The maximum atomic E-state index is 5.63. The SMILES string of the molecule is Cc1ccc(NC(=S)N2CCN(c3cccc(C)c3C)CC2)cc1C. The number of rotatable bonds is 2. The average Bonchev–Trinajstić information content (AvgIpc) is 2.61. The zero-order valence-electron chi connectivity index (χ0n) is 15.6. The third-order valence-corrected chi connectivity index (χ3v) is 5.60. The zero-order chi connectivity index (χ0) is 18.0. The van der Waals surface area contributed by atoms with E-state index in [0.717, 1.165) is 37.0 Å². The van der Waals surface area contributed by atoms with Crippen molar-refractivity contribution in [2.75, 3.05) is 36.4 Å². The smallest absolute Gasteiger partial charge is 0.173 e. The van der Waals surface area contributed by atoms with Crippen LogP contribution in [0.25, 0.3) is 0 Å². The van der Waals surface area contributed by atoms with Gasteiger partial charge in [0.1, 0.15) is 0 Å². The molecular weight excluding hydrogens is 326 g/mol. The number of hydrogen-bond acceptors (Lipinski definition) is 2. The van der Waals surface area contributed by atoms with E-state index in [1.54, 1.807) is 0 Å². The monoisotopic (exact) mass is 353 g/mol. The molecule has 4 heteroatoms. The molecule has 0 amide bonds. The summed E-state index contributed by atoms with van der Waals surface area (Å²) >= 11 is 5.63. The van der Waals surface area contributed by atoms with Crippen molar-refractivity contribution < 1.29 is 0 Å². The Morgan fingerprint density at radius 1 is 0.880 bits per heavy atom. The highest BCUT2D eigenvalue weighted by atomic mass is 32.1. The molecule has 0 aliphatic carbocycles. The minimum Gasteiger partial charge on any atom is -0.368 e. The van der Waals surface area contributed by atoms with Gasteiger partial charge in [0.25, 0.3) is 0 Å². The molecule has 1 saturated heterocycles. The highest BCUT2D eigenvalue weighted by Gasteiger charge is 2.20. The molecule has 1 N–H and O–H groups in total. The largest absolute Gasteiger partial charge is 0.368 e. The van der Waals surface area contributed by atoms with Crippen molar-refractivity contribution in [1.29, 1.82) is 0 Å². The number of nitrogens with one attached hydrogen (secondary N) is 1. The van der Waals surface area contributed by atoms with Crippen LogP contribution in [0.5, 0.6) is 0 Å². The maximum Gasteiger partial charge on any atom is 0.173 e. The fourth-order valence-corrected chi connectivity index (χ4v) is 3.55. The predicted molar refractivity (Wildman–Crippen MR) is 112 cm³/mol. The van der Waals surface area contributed by atoms with Gasteiger partial charge in [-0.3, -0.25) is 0 Å². The van der Waals surface area contributed by atoms with Crippen molar-refractivity contribution in [2.24, 2.45) is 0 Å². The summed E-state index contributed by atoms with van der Waals surface area (Å²) in [5.74, 6) is 0. The van der Waals surface area contributed by atoms with Crippen molar-refractivity contribution in [3.8, 4) is 0 Å². The summed E-state index contributed by atoms with van der Waals surface area (Å²) < 4.78 is 0. The minimum absolute atomic E-state index is 0.823. The highest BCUT2D eigenvalue weighted by Crippen LogP contribution is 2.24. The van der Waals surface area contributed by atoms with Crippen LogP contribution in [0.3, 0.4) is 0 Å². The lowest BCUT2D eigenvalue weighted by atomic mass is 10.1. The molecule has 3 rings (SSSR count). The van der Waals surface area contributed by atoms with E-state index in [-0.39, 0.29) is 0 Å². The van der Waals surface area contributed by atoms with Crippen LogP contribution >= 0.6 is 12.2 Å². The molecule has 0 spiro atoms. The zero-order valence-corrected chi connectivity index (χ0v) is 16.4. The standard InChI is InChI=1S/C21H27N3S/c1-15-8-9-19(14-17(15)3)22-21(25)24-12-10-23(11-13-24)20-7-5-6-16(2)18(20)4/h5-9,14H,10-13H2,1-4H3,(H,22,25). The van der Waals surface area contributed by atoms with E-state index in [0.29, 0.717) is 0 Å². The Morgan fingerprint density at radius 3 is 2.28 bits per heavy atom. The second-order valence-corrected chi connectivity index (χ2v) is 7.31. The molecule has 0 bridgehead atoms. The summed E-state index contributed by atoms with van der Waals surface area (Å²) in [6, 6.07) is 12.9. The first-order chi connectivity index (χ1) is 12.0. The number of nitrogens with zero attached hydrogens (tertiary/aromatic N) is 2. The van der Waals surface area contributed by atoms with Crippen LogP contribution in [0, 0.1) is 27.7 Å². The lowest BCUT2D eigenvalue weighted by Gasteiger charge is -2.38. The van der Waals surface area contributed by atoms with E-state index >= 15 is 0 Å². The maximum absolute atomic E-state index is 5.63. The lowest BCUT2D eigenvalue weighted by molar-refractivity contribution is 0.390.